The summed E-state index contributed by atoms with van der Waals surface area (Å²) >= 11 is 2.31. The summed E-state index contributed by atoms with van der Waals surface area (Å²) in [6, 6.07) is 0. The third kappa shape index (κ3) is 2.50. The molecule has 4 unspecified atom stereocenters. The summed E-state index contributed by atoms with van der Waals surface area (Å²) in [5.41, 5.74) is 4.40. The average molecular weight is 519 g/mol. The van der Waals surface area contributed by atoms with Gasteiger partial charge in [-0.15, -0.1) is 0 Å². The van der Waals surface area contributed by atoms with E-state index in [9.17, 15) is 15.0 Å². The van der Waals surface area contributed by atoms with E-state index in [1.807, 2.05) is 0 Å². The van der Waals surface area contributed by atoms with Crippen molar-refractivity contribution in [3.63, 3.8) is 0 Å². The Balaban J connectivity index is 1.89. The molecule has 0 aromatic heterocycles. The third-order valence-corrected chi connectivity index (χ3v) is 11.8. The summed E-state index contributed by atoms with van der Waals surface area (Å²) in [6.07, 6.45) is 8.80. The van der Waals surface area contributed by atoms with Gasteiger partial charge in [-0.25, -0.2) is 0 Å². The van der Waals surface area contributed by atoms with Crippen LogP contribution in [0.1, 0.15) is 71.6 Å². The lowest BCUT2D eigenvalue weighted by Gasteiger charge is -2.71. The number of alkyl halides is 1. The van der Waals surface area contributed by atoms with Gasteiger partial charge in [0.25, 0.3) is 0 Å². The lowest BCUT2D eigenvalue weighted by Crippen LogP contribution is -2.78. The Bertz CT molecular complexity index is 690. The highest BCUT2D eigenvalue weighted by Gasteiger charge is 2.79. The molecule has 0 amide bonds. The van der Waals surface area contributed by atoms with Crippen LogP contribution in [0.15, 0.2) is 0 Å². The minimum atomic E-state index is -1.58. The number of nitrogens with two attached hydrogens (primary N) is 1. The molecule has 0 heterocycles. The van der Waals surface area contributed by atoms with E-state index in [0.29, 0.717) is 35.5 Å². The molecule has 0 aromatic carbocycles. The Morgan fingerprint density at radius 2 is 1.90 bits per heavy atom. The number of carbonyl (C=O) groups excluding carboxylic acids is 1. The summed E-state index contributed by atoms with van der Waals surface area (Å²) in [6.45, 7) is 4.16. The number of rotatable bonds is 4. The van der Waals surface area contributed by atoms with Crippen LogP contribution in [-0.4, -0.2) is 51.4 Å². The Labute approximate surface area is 188 Å². The SMILES string of the molecule is COC1C[C@@]2(CI)C(O)(C(=O)CO)CC[C@]2(N)[C@@]2(C)CCC3CCCC[C@@]3(C)C12. The van der Waals surface area contributed by atoms with Crippen LogP contribution in [0.25, 0.3) is 0 Å². The Morgan fingerprint density at radius 1 is 1.17 bits per heavy atom. The molecule has 8 atom stereocenters. The van der Waals surface area contributed by atoms with Gasteiger partial charge in [0.15, 0.2) is 5.78 Å². The van der Waals surface area contributed by atoms with Gasteiger partial charge < -0.3 is 20.7 Å². The number of Topliss-reactive ketones (excluding diaryl/α,β-unsaturated/α-hetero) is 1. The van der Waals surface area contributed by atoms with Crippen molar-refractivity contribution in [2.75, 3.05) is 18.1 Å². The number of ether oxygens (including phenoxy) is 1. The number of hydrogen-bond acceptors (Lipinski definition) is 5. The third-order valence-electron chi connectivity index (χ3n) is 10.5. The number of fused-ring (bicyclic) bond motifs is 5. The van der Waals surface area contributed by atoms with Crippen LogP contribution in [0.2, 0.25) is 0 Å². The van der Waals surface area contributed by atoms with Crippen molar-refractivity contribution in [3.8, 4) is 0 Å². The predicted octanol–water partition coefficient (Wildman–Crippen LogP) is 3.22. The van der Waals surface area contributed by atoms with Gasteiger partial charge in [-0.3, -0.25) is 4.79 Å². The summed E-state index contributed by atoms with van der Waals surface area (Å²) in [5, 5.41) is 21.4. The molecule has 29 heavy (non-hydrogen) atoms. The second kappa shape index (κ2) is 7.12. The smallest absolute Gasteiger partial charge is 0.190 e. The first-order valence-corrected chi connectivity index (χ1v) is 12.9. The van der Waals surface area contributed by atoms with Crippen LogP contribution in [0, 0.1) is 28.1 Å². The molecule has 0 radical (unpaired) electrons. The minimum Gasteiger partial charge on any atom is -0.388 e. The lowest BCUT2D eigenvalue weighted by atomic mass is 9.36. The zero-order chi connectivity index (χ0) is 21.3. The standard InChI is InChI=1S/C23H38INO4/c1-19-8-5-4-6-15(19)7-9-20(2)18(19)16(29-3)12-21(14-24)22(28,17(27)13-26)10-11-23(20,21)25/h15-16,18,26,28H,4-14,25H2,1-3H3/t15?,16?,18?,19-,20+,21-,22?,23+/m1/s1. The number of ketones is 1. The van der Waals surface area contributed by atoms with Crippen molar-refractivity contribution < 1.29 is 19.7 Å². The largest absolute Gasteiger partial charge is 0.388 e. The minimum absolute atomic E-state index is 0.0338. The quantitative estimate of drug-likeness (QED) is 0.392. The van der Waals surface area contributed by atoms with Gasteiger partial charge in [-0.05, 0) is 67.6 Å². The van der Waals surface area contributed by atoms with Gasteiger partial charge in [0, 0.05) is 22.5 Å². The fourth-order valence-corrected chi connectivity index (χ4v) is 10.5. The Kier molecular flexibility index (Phi) is 5.51. The molecule has 4 aliphatic rings. The van der Waals surface area contributed by atoms with Crippen molar-refractivity contribution in [2.45, 2.75) is 88.9 Å². The van der Waals surface area contributed by atoms with E-state index >= 15 is 0 Å². The number of carbonyl (C=O) groups is 1. The van der Waals surface area contributed by atoms with Crippen molar-refractivity contribution in [2.24, 2.45) is 33.8 Å². The number of methoxy groups -OCH3 is 1. The molecule has 4 N–H and O–H groups in total. The van der Waals surface area contributed by atoms with Crippen LogP contribution in [0.3, 0.4) is 0 Å². The van der Waals surface area contributed by atoms with Gasteiger partial charge in [0.1, 0.15) is 12.2 Å². The van der Waals surface area contributed by atoms with E-state index in [0.717, 1.165) is 6.42 Å². The molecule has 4 rings (SSSR count). The fraction of sp³-hybridized carbons (Fsp3) is 0.957. The maximum Gasteiger partial charge on any atom is 0.190 e. The molecular weight excluding hydrogens is 481 g/mol. The topological polar surface area (TPSA) is 92.8 Å². The van der Waals surface area contributed by atoms with Gasteiger partial charge in [0.2, 0.25) is 0 Å². The first kappa shape index (κ1) is 22.4. The molecule has 0 bridgehead atoms. The molecule has 6 heteroatoms. The molecular formula is C23H38INO4. The lowest BCUT2D eigenvalue weighted by molar-refractivity contribution is -0.242. The molecule has 0 aliphatic heterocycles. The summed E-state index contributed by atoms with van der Waals surface area (Å²) in [5.74, 6) is 0.560. The number of halogens is 1. The fourth-order valence-electron chi connectivity index (χ4n) is 8.92. The summed E-state index contributed by atoms with van der Waals surface area (Å²) in [4.78, 5) is 12.8. The van der Waals surface area contributed by atoms with Crippen molar-refractivity contribution in [1.82, 2.24) is 0 Å². The highest BCUT2D eigenvalue weighted by atomic mass is 127. The number of aliphatic hydroxyl groups excluding tert-OH is 1. The van der Waals surface area contributed by atoms with Gasteiger partial charge in [-0.2, -0.15) is 0 Å². The number of aliphatic hydroxyl groups is 2. The van der Waals surface area contributed by atoms with Gasteiger partial charge in [-0.1, -0.05) is 49.3 Å². The first-order valence-electron chi connectivity index (χ1n) is 11.3. The van der Waals surface area contributed by atoms with Gasteiger partial charge >= 0.3 is 0 Å². The van der Waals surface area contributed by atoms with E-state index in [1.165, 1.54) is 32.1 Å². The Morgan fingerprint density at radius 3 is 2.52 bits per heavy atom. The zero-order valence-electron chi connectivity index (χ0n) is 18.2. The van der Waals surface area contributed by atoms with E-state index in [-0.39, 0.29) is 16.9 Å². The molecule has 5 nitrogen and oxygen atoms in total. The van der Waals surface area contributed by atoms with Crippen LogP contribution in [0.5, 0.6) is 0 Å². The summed E-state index contributed by atoms with van der Waals surface area (Å²) < 4.78 is 6.77. The monoisotopic (exact) mass is 519 g/mol. The van der Waals surface area contributed by atoms with Crippen LogP contribution in [-0.2, 0) is 9.53 Å². The van der Waals surface area contributed by atoms with E-state index < -0.39 is 28.9 Å². The van der Waals surface area contributed by atoms with Crippen LogP contribution in [0.4, 0.5) is 0 Å². The maximum atomic E-state index is 12.8. The number of hydrogen-bond donors (Lipinski definition) is 3. The summed E-state index contributed by atoms with van der Waals surface area (Å²) in [7, 11) is 1.78. The van der Waals surface area contributed by atoms with E-state index in [4.69, 9.17) is 10.5 Å². The molecule has 4 saturated carbocycles. The molecule has 0 spiro atoms. The molecule has 4 aliphatic carbocycles. The highest BCUT2D eigenvalue weighted by Crippen LogP contribution is 2.74. The maximum absolute atomic E-state index is 12.8. The highest BCUT2D eigenvalue weighted by molar-refractivity contribution is 14.1. The van der Waals surface area contributed by atoms with E-state index in [1.54, 1.807) is 7.11 Å². The normalized spacial score (nSPS) is 54.4. The average Bonchev–Trinajstić information content (AvgIpc) is 2.96. The van der Waals surface area contributed by atoms with Crippen molar-refractivity contribution >= 4 is 28.4 Å². The van der Waals surface area contributed by atoms with Crippen molar-refractivity contribution in [1.29, 1.82) is 0 Å². The molecule has 0 aromatic rings. The second-order valence-corrected chi connectivity index (χ2v) is 11.8. The first-order chi connectivity index (χ1) is 13.6. The predicted molar refractivity (Wildman–Crippen MR) is 121 cm³/mol. The second-order valence-electron chi connectivity index (χ2n) is 11.0. The molecule has 4 fully saturated rings. The van der Waals surface area contributed by atoms with Gasteiger partial charge in [0.05, 0.1) is 6.10 Å². The van der Waals surface area contributed by atoms with Crippen molar-refractivity contribution in [3.05, 3.63) is 0 Å². The van der Waals surface area contributed by atoms with Crippen LogP contribution >= 0.6 is 22.6 Å². The molecule has 166 valence electrons. The molecule has 0 saturated heterocycles. The van der Waals surface area contributed by atoms with E-state index in [2.05, 4.69) is 36.4 Å². The van der Waals surface area contributed by atoms with Crippen LogP contribution < -0.4 is 5.73 Å². The Hall–Kier alpha value is 0.240. The zero-order valence-corrected chi connectivity index (χ0v) is 20.3.